The average molecular weight is 290 g/mol. The fourth-order valence-corrected chi connectivity index (χ4v) is 1.93. The summed E-state index contributed by atoms with van der Waals surface area (Å²) >= 11 is 0. The van der Waals surface area contributed by atoms with Crippen molar-refractivity contribution >= 4 is 11.8 Å². The Morgan fingerprint density at radius 1 is 1.38 bits per heavy atom. The van der Waals surface area contributed by atoms with Gasteiger partial charge in [0.25, 0.3) is 0 Å². The lowest BCUT2D eigenvalue weighted by atomic mass is 10.1. The van der Waals surface area contributed by atoms with Crippen LogP contribution in [-0.4, -0.2) is 43.5 Å². The van der Waals surface area contributed by atoms with Crippen LogP contribution in [0.5, 0.6) is 5.75 Å². The highest BCUT2D eigenvalue weighted by Crippen LogP contribution is 2.17. The smallest absolute Gasteiger partial charge is 0.239 e. The van der Waals surface area contributed by atoms with E-state index in [-0.39, 0.29) is 18.4 Å². The van der Waals surface area contributed by atoms with Crippen molar-refractivity contribution in [3.8, 4) is 5.75 Å². The van der Waals surface area contributed by atoms with Gasteiger partial charge in [0.2, 0.25) is 11.8 Å². The summed E-state index contributed by atoms with van der Waals surface area (Å²) < 4.78 is 5.28. The summed E-state index contributed by atoms with van der Waals surface area (Å²) in [5, 5.41) is 2.66. The van der Waals surface area contributed by atoms with Crippen molar-refractivity contribution < 1.29 is 14.3 Å². The number of benzene rings is 1. The van der Waals surface area contributed by atoms with Gasteiger partial charge in [0, 0.05) is 20.0 Å². The third-order valence-electron chi connectivity index (χ3n) is 3.07. The van der Waals surface area contributed by atoms with Gasteiger partial charge in [0.1, 0.15) is 5.75 Å². The van der Waals surface area contributed by atoms with Gasteiger partial charge in [-0.05, 0) is 18.1 Å². The molecule has 1 N–H and O–H groups in total. The van der Waals surface area contributed by atoms with Gasteiger partial charge in [0.15, 0.2) is 0 Å². The molecular weight excluding hydrogens is 268 g/mol. The van der Waals surface area contributed by atoms with Crippen LogP contribution in [-0.2, 0) is 16.0 Å². The predicted molar refractivity (Wildman–Crippen MR) is 82.2 cm³/mol. The lowest BCUT2D eigenvalue weighted by Crippen LogP contribution is -2.40. The molecule has 0 heterocycles. The number of para-hydroxylation sites is 1. The highest BCUT2D eigenvalue weighted by Gasteiger charge is 2.14. The molecule has 0 radical (unpaired) electrons. The third-order valence-corrected chi connectivity index (χ3v) is 3.07. The van der Waals surface area contributed by atoms with Crippen LogP contribution in [0.4, 0.5) is 0 Å². The number of nitrogens with zero attached hydrogens (tertiary/aromatic N) is 1. The number of hydrogen-bond donors (Lipinski definition) is 1. The fourth-order valence-electron chi connectivity index (χ4n) is 1.93. The average Bonchev–Trinajstić information content (AvgIpc) is 2.49. The van der Waals surface area contributed by atoms with Gasteiger partial charge in [-0.3, -0.25) is 9.59 Å². The Labute approximate surface area is 125 Å². The van der Waals surface area contributed by atoms with Gasteiger partial charge in [-0.25, -0.2) is 0 Å². The Kier molecular flexibility index (Phi) is 7.01. The summed E-state index contributed by atoms with van der Waals surface area (Å²) in [4.78, 5) is 24.8. The predicted octanol–water partition coefficient (Wildman–Crippen LogP) is 1.39. The fraction of sp³-hybridized carbons (Fsp3) is 0.375. The Hall–Kier alpha value is -2.30. The van der Waals surface area contributed by atoms with E-state index >= 15 is 0 Å². The van der Waals surface area contributed by atoms with Gasteiger partial charge in [-0.15, -0.1) is 6.58 Å². The molecular formula is C16H22N2O3. The van der Waals surface area contributed by atoms with E-state index in [0.717, 1.165) is 11.3 Å². The van der Waals surface area contributed by atoms with Crippen LogP contribution < -0.4 is 10.1 Å². The number of hydrogen-bond acceptors (Lipinski definition) is 3. The Balaban J connectivity index is 2.60. The van der Waals surface area contributed by atoms with Crippen molar-refractivity contribution in [2.75, 3.05) is 26.7 Å². The highest BCUT2D eigenvalue weighted by atomic mass is 16.5. The maximum absolute atomic E-state index is 11.7. The number of carbonyl (C=O) groups excluding carboxylic acids is 2. The molecule has 1 rings (SSSR count). The van der Waals surface area contributed by atoms with E-state index in [1.54, 1.807) is 13.2 Å². The van der Waals surface area contributed by atoms with Crippen LogP contribution in [0.3, 0.4) is 0 Å². The molecule has 0 aromatic heterocycles. The van der Waals surface area contributed by atoms with Crippen LogP contribution in [0.1, 0.15) is 12.5 Å². The topological polar surface area (TPSA) is 58.6 Å². The van der Waals surface area contributed by atoms with Crippen LogP contribution in [0, 0.1) is 0 Å². The second-order valence-corrected chi connectivity index (χ2v) is 4.60. The minimum Gasteiger partial charge on any atom is -0.496 e. The molecule has 0 spiro atoms. The molecule has 0 saturated carbocycles. The van der Waals surface area contributed by atoms with Crippen molar-refractivity contribution in [1.29, 1.82) is 0 Å². The van der Waals surface area contributed by atoms with E-state index in [2.05, 4.69) is 11.9 Å². The second-order valence-electron chi connectivity index (χ2n) is 4.60. The molecule has 5 heteroatoms. The number of carbonyl (C=O) groups is 2. The molecule has 0 fully saturated rings. The monoisotopic (exact) mass is 290 g/mol. The first kappa shape index (κ1) is 16.8. The lowest BCUT2D eigenvalue weighted by molar-refractivity contribution is -0.134. The normalized spacial score (nSPS) is 9.81. The molecule has 1 aromatic carbocycles. The zero-order valence-corrected chi connectivity index (χ0v) is 12.6. The molecule has 0 bridgehead atoms. The number of amides is 2. The minimum absolute atomic E-state index is 0.0539. The highest BCUT2D eigenvalue weighted by molar-refractivity contribution is 5.83. The molecule has 114 valence electrons. The maximum atomic E-state index is 11.7. The van der Waals surface area contributed by atoms with Crippen molar-refractivity contribution in [2.45, 2.75) is 13.3 Å². The largest absolute Gasteiger partial charge is 0.496 e. The van der Waals surface area contributed by atoms with Crippen LogP contribution in [0.15, 0.2) is 36.9 Å². The SMILES string of the molecule is C=CCNC(=O)CN(CCc1ccccc1OC)C(C)=O. The Bertz CT molecular complexity index is 500. The van der Waals surface area contributed by atoms with Crippen LogP contribution in [0.25, 0.3) is 0 Å². The first-order valence-electron chi connectivity index (χ1n) is 6.83. The molecule has 0 aliphatic carbocycles. The van der Waals surface area contributed by atoms with Crippen molar-refractivity contribution in [1.82, 2.24) is 10.2 Å². The Morgan fingerprint density at radius 2 is 2.10 bits per heavy atom. The minimum atomic E-state index is -0.190. The summed E-state index contributed by atoms with van der Waals surface area (Å²) in [6, 6.07) is 7.65. The summed E-state index contributed by atoms with van der Waals surface area (Å²) in [5.74, 6) is 0.473. The zero-order valence-electron chi connectivity index (χ0n) is 12.6. The number of nitrogens with one attached hydrogen (secondary N) is 1. The van der Waals surface area contributed by atoms with E-state index in [0.29, 0.717) is 19.5 Å². The first-order valence-corrected chi connectivity index (χ1v) is 6.83. The zero-order chi connectivity index (χ0) is 15.7. The molecule has 1 aromatic rings. The molecule has 0 unspecified atom stereocenters. The molecule has 0 aliphatic rings. The molecule has 5 nitrogen and oxygen atoms in total. The van der Waals surface area contributed by atoms with Gasteiger partial charge < -0.3 is 15.0 Å². The maximum Gasteiger partial charge on any atom is 0.239 e. The van der Waals surface area contributed by atoms with Gasteiger partial charge in [-0.2, -0.15) is 0 Å². The molecule has 0 saturated heterocycles. The first-order chi connectivity index (χ1) is 10.1. The molecule has 2 amide bonds. The van der Waals surface area contributed by atoms with Crippen molar-refractivity contribution in [2.24, 2.45) is 0 Å². The molecule has 0 aliphatic heterocycles. The van der Waals surface area contributed by atoms with E-state index in [9.17, 15) is 9.59 Å². The number of ether oxygens (including phenoxy) is 1. The van der Waals surface area contributed by atoms with E-state index in [1.165, 1.54) is 11.8 Å². The standard InChI is InChI=1S/C16H22N2O3/c1-4-10-17-16(20)12-18(13(2)19)11-9-14-7-5-6-8-15(14)21-3/h4-8H,1,9-12H2,2-3H3,(H,17,20). The summed E-state index contributed by atoms with van der Waals surface area (Å²) in [6.45, 7) is 5.92. The van der Waals surface area contributed by atoms with E-state index in [4.69, 9.17) is 4.74 Å². The number of rotatable bonds is 8. The van der Waals surface area contributed by atoms with Gasteiger partial charge in [0.05, 0.1) is 13.7 Å². The van der Waals surface area contributed by atoms with Crippen molar-refractivity contribution in [3.05, 3.63) is 42.5 Å². The molecule has 0 atom stereocenters. The third kappa shape index (κ3) is 5.69. The van der Waals surface area contributed by atoms with Gasteiger partial charge in [-0.1, -0.05) is 24.3 Å². The number of methoxy groups -OCH3 is 1. The van der Waals surface area contributed by atoms with Crippen LogP contribution in [0.2, 0.25) is 0 Å². The second kappa shape index (κ2) is 8.79. The van der Waals surface area contributed by atoms with Crippen LogP contribution >= 0.6 is 0 Å². The van der Waals surface area contributed by atoms with Gasteiger partial charge >= 0.3 is 0 Å². The summed E-state index contributed by atoms with van der Waals surface area (Å²) in [6.07, 6.45) is 2.24. The Morgan fingerprint density at radius 3 is 2.71 bits per heavy atom. The quantitative estimate of drug-likeness (QED) is 0.736. The molecule has 21 heavy (non-hydrogen) atoms. The summed E-state index contributed by atoms with van der Waals surface area (Å²) in [5.41, 5.74) is 1.01. The lowest BCUT2D eigenvalue weighted by Gasteiger charge is -2.21. The van der Waals surface area contributed by atoms with Crippen molar-refractivity contribution in [3.63, 3.8) is 0 Å². The summed E-state index contributed by atoms with van der Waals surface area (Å²) in [7, 11) is 1.62. The van der Waals surface area contributed by atoms with E-state index < -0.39 is 0 Å². The van der Waals surface area contributed by atoms with E-state index in [1.807, 2.05) is 24.3 Å².